The summed E-state index contributed by atoms with van der Waals surface area (Å²) < 4.78 is 0. The molecule has 168 valence electrons. The van der Waals surface area contributed by atoms with E-state index in [0.717, 1.165) is 38.2 Å². The summed E-state index contributed by atoms with van der Waals surface area (Å²) in [6, 6.07) is 36.2. The van der Waals surface area contributed by atoms with Crippen LogP contribution >= 0.6 is 0 Å². The van der Waals surface area contributed by atoms with Crippen molar-refractivity contribution in [3.8, 4) is 22.3 Å². The molecule has 0 spiro atoms. The fourth-order valence-corrected chi connectivity index (χ4v) is 5.99. The lowest BCUT2D eigenvalue weighted by Crippen LogP contribution is -2.55. The zero-order chi connectivity index (χ0) is 26.8. The molecule has 0 heterocycles. The highest BCUT2D eigenvalue weighted by Gasteiger charge is 2.20. The van der Waals surface area contributed by atoms with Crippen molar-refractivity contribution in [3.05, 3.63) is 103 Å². The van der Waals surface area contributed by atoms with Gasteiger partial charge in [0.2, 0.25) is 0 Å². The van der Waals surface area contributed by atoms with Crippen molar-refractivity contribution in [2.45, 2.75) is 0 Å². The molecular weight excluding hydrogens is 462 g/mol. The van der Waals surface area contributed by atoms with Crippen molar-refractivity contribution in [1.29, 1.82) is 0 Å². The largest absolute Gasteiger partial charge is 0.113 e. The maximum absolute atomic E-state index is 6.59. The molecule has 0 atom stereocenters. The molecule has 0 saturated carbocycles. The van der Waals surface area contributed by atoms with Gasteiger partial charge >= 0.3 is 0 Å². The first-order valence-corrected chi connectivity index (χ1v) is 12.8. The van der Waals surface area contributed by atoms with E-state index < -0.39 is 0 Å². The van der Waals surface area contributed by atoms with Gasteiger partial charge in [-0.05, 0) is 71.4 Å². The first kappa shape index (κ1) is 24.0. The van der Waals surface area contributed by atoms with E-state index in [-0.39, 0.29) is 16.4 Å². The predicted molar refractivity (Wildman–Crippen MR) is 174 cm³/mol. The average molecular weight is 480 g/mol. The number of hydrogen-bond donors (Lipinski definition) is 0. The van der Waals surface area contributed by atoms with Crippen molar-refractivity contribution in [2.75, 3.05) is 0 Å². The van der Waals surface area contributed by atoms with Gasteiger partial charge in [-0.3, -0.25) is 0 Å². The van der Waals surface area contributed by atoms with Crippen LogP contribution in [0, 0.1) is 0 Å². The number of hydrogen-bond acceptors (Lipinski definition) is 0. The molecule has 5 heteroatoms. The van der Waals surface area contributed by atoms with Crippen LogP contribution in [-0.4, -0.2) is 39.2 Å². The van der Waals surface area contributed by atoms with Crippen molar-refractivity contribution in [1.82, 2.24) is 0 Å². The lowest BCUT2D eigenvalue weighted by atomic mass is 9.59. The fraction of sp³-hybridized carbons (Fsp3) is 0. The van der Waals surface area contributed by atoms with Crippen LogP contribution in [0.3, 0.4) is 0 Å². The summed E-state index contributed by atoms with van der Waals surface area (Å²) in [5, 5.41) is 9.05. The fourth-order valence-electron chi connectivity index (χ4n) is 5.99. The lowest BCUT2D eigenvalue weighted by Gasteiger charge is -2.25. The van der Waals surface area contributed by atoms with E-state index >= 15 is 0 Å². The van der Waals surface area contributed by atoms with Crippen LogP contribution in [0.15, 0.2) is 103 Å². The molecule has 0 aliphatic heterocycles. The van der Waals surface area contributed by atoms with Crippen LogP contribution in [0.2, 0.25) is 0 Å². The standard InChI is InChI=1S/C34H17B5/c35-30-29(31(36)33(38)34(39)32(30)37)28-24-11-5-3-9-22(24)27(23-10-4-6-12-25(23)28)20-16-15-19-14-13-18-7-1-2-8-21(18)26(19)17-20/h1-17H. The summed E-state index contributed by atoms with van der Waals surface area (Å²) in [7, 11) is 31.9. The van der Waals surface area contributed by atoms with Crippen molar-refractivity contribution < 1.29 is 0 Å². The Bertz CT molecular complexity index is 2040. The van der Waals surface area contributed by atoms with Gasteiger partial charge in [0.05, 0.1) is 0 Å². The first-order chi connectivity index (χ1) is 19.0. The van der Waals surface area contributed by atoms with Gasteiger partial charge < -0.3 is 0 Å². The van der Waals surface area contributed by atoms with Crippen LogP contribution in [0.1, 0.15) is 0 Å². The second-order valence-corrected chi connectivity index (χ2v) is 10.0. The Morgan fingerprint density at radius 3 is 1.28 bits per heavy atom. The Balaban J connectivity index is 1.65. The zero-order valence-electron chi connectivity index (χ0n) is 21.2. The molecule has 7 rings (SSSR count). The minimum atomic E-state index is 0.211. The summed E-state index contributed by atoms with van der Waals surface area (Å²) in [5.41, 5.74) is 5.16. The van der Waals surface area contributed by atoms with Gasteiger partial charge in [-0.25, -0.2) is 0 Å². The summed E-state index contributed by atoms with van der Waals surface area (Å²) in [4.78, 5) is 0. The maximum Gasteiger partial charge on any atom is 0.113 e. The summed E-state index contributed by atoms with van der Waals surface area (Å²) in [6.45, 7) is 0. The Labute approximate surface area is 234 Å². The molecule has 0 N–H and O–H groups in total. The van der Waals surface area contributed by atoms with Gasteiger partial charge in [-0.15, -0.1) is 16.4 Å². The summed E-state index contributed by atoms with van der Waals surface area (Å²) in [5.74, 6) is 0. The number of rotatable bonds is 2. The van der Waals surface area contributed by atoms with Crippen molar-refractivity contribution >= 4 is 110 Å². The second-order valence-electron chi connectivity index (χ2n) is 10.0. The third-order valence-corrected chi connectivity index (χ3v) is 7.92. The van der Waals surface area contributed by atoms with Crippen molar-refractivity contribution in [3.63, 3.8) is 0 Å². The Kier molecular flexibility index (Phi) is 5.53. The number of benzene rings is 7. The molecule has 0 fully saturated rings. The predicted octanol–water partition coefficient (Wildman–Crippen LogP) is 3.60. The third kappa shape index (κ3) is 3.53. The lowest BCUT2D eigenvalue weighted by molar-refractivity contribution is 1.70. The molecule has 39 heavy (non-hydrogen) atoms. The van der Waals surface area contributed by atoms with E-state index in [4.69, 9.17) is 39.2 Å². The third-order valence-electron chi connectivity index (χ3n) is 7.92. The molecule has 10 radical (unpaired) electrons. The smallest absolute Gasteiger partial charge is 0.112 e. The molecule has 7 aromatic carbocycles. The summed E-state index contributed by atoms with van der Waals surface area (Å²) in [6.07, 6.45) is 0. The monoisotopic (exact) mass is 480 g/mol. The summed E-state index contributed by atoms with van der Waals surface area (Å²) >= 11 is 0. The van der Waals surface area contributed by atoms with Gasteiger partial charge in [0.15, 0.2) is 0 Å². The van der Waals surface area contributed by atoms with Gasteiger partial charge in [-0.2, -0.15) is 0 Å². The molecule has 0 aromatic heterocycles. The minimum Gasteiger partial charge on any atom is -0.112 e. The van der Waals surface area contributed by atoms with Crippen LogP contribution < -0.4 is 27.3 Å². The minimum absolute atomic E-state index is 0.211. The van der Waals surface area contributed by atoms with Crippen LogP contribution in [0.25, 0.3) is 65.3 Å². The van der Waals surface area contributed by atoms with Gasteiger partial charge in [0.1, 0.15) is 39.2 Å². The topological polar surface area (TPSA) is 0 Å². The van der Waals surface area contributed by atoms with Gasteiger partial charge in [0, 0.05) is 0 Å². The highest BCUT2D eigenvalue weighted by Crippen LogP contribution is 2.43. The molecule has 0 amide bonds. The van der Waals surface area contributed by atoms with E-state index in [9.17, 15) is 0 Å². The first-order valence-electron chi connectivity index (χ1n) is 12.8. The Morgan fingerprint density at radius 2 is 0.718 bits per heavy atom. The van der Waals surface area contributed by atoms with Crippen LogP contribution in [-0.2, 0) is 0 Å². The van der Waals surface area contributed by atoms with Gasteiger partial charge in [0.25, 0.3) is 0 Å². The molecule has 0 bridgehead atoms. The van der Waals surface area contributed by atoms with Gasteiger partial charge in [-0.1, -0.05) is 108 Å². The quantitative estimate of drug-likeness (QED) is 0.202. The molecule has 0 aliphatic rings. The van der Waals surface area contributed by atoms with E-state index in [1.54, 1.807) is 0 Å². The molecule has 0 nitrogen and oxygen atoms in total. The van der Waals surface area contributed by atoms with Crippen molar-refractivity contribution in [2.24, 2.45) is 0 Å². The highest BCUT2D eigenvalue weighted by atomic mass is 14.2. The molecule has 0 aliphatic carbocycles. The van der Waals surface area contributed by atoms with Crippen LogP contribution in [0.4, 0.5) is 0 Å². The average Bonchev–Trinajstić information content (AvgIpc) is 2.98. The molecule has 0 unspecified atom stereocenters. The molecule has 0 saturated heterocycles. The maximum atomic E-state index is 6.59. The van der Waals surface area contributed by atoms with Crippen LogP contribution in [0.5, 0.6) is 0 Å². The van der Waals surface area contributed by atoms with E-state index in [0.29, 0.717) is 16.5 Å². The Morgan fingerprint density at radius 1 is 0.308 bits per heavy atom. The molecular formula is C34H17B5. The highest BCUT2D eigenvalue weighted by molar-refractivity contribution is 6.69. The normalized spacial score (nSPS) is 11.6. The molecule has 7 aromatic rings. The Hall–Kier alpha value is -4.10. The second kappa shape index (κ2) is 8.99. The van der Waals surface area contributed by atoms with E-state index in [2.05, 4.69) is 91.0 Å². The van der Waals surface area contributed by atoms with E-state index in [1.165, 1.54) is 21.5 Å². The zero-order valence-corrected chi connectivity index (χ0v) is 21.2. The SMILES string of the molecule is [B]c1c([B])c([B])c(-c2c3ccccc3c(-c3ccc4ccc5ccccc5c4c3)c3ccccc23)c([B])c1[B]. The van der Waals surface area contributed by atoms with E-state index in [1.807, 2.05) is 12.1 Å². The number of fused-ring (bicyclic) bond motifs is 5.